The number of fused-ring (bicyclic) bond motifs is 1. The first-order valence-corrected chi connectivity index (χ1v) is 8.45. The van der Waals surface area contributed by atoms with E-state index in [4.69, 9.17) is 0 Å². The first kappa shape index (κ1) is 14.0. The smallest absolute Gasteiger partial charge is 0.256 e. The first-order valence-electron chi connectivity index (χ1n) is 6.05. The van der Waals surface area contributed by atoms with Gasteiger partial charge in [0.1, 0.15) is 0 Å². The molecule has 2 heterocycles. The van der Waals surface area contributed by atoms with Gasteiger partial charge in [-0.2, -0.15) is 0 Å². The summed E-state index contributed by atoms with van der Waals surface area (Å²) in [5.74, 6) is -0.0532. The Kier molecular flexibility index (Phi) is 3.60. The van der Waals surface area contributed by atoms with E-state index in [0.717, 1.165) is 25.1 Å². The molecule has 1 aromatic heterocycles. The van der Waals surface area contributed by atoms with Crippen LogP contribution in [0.5, 0.6) is 0 Å². The molecule has 1 aliphatic rings. The summed E-state index contributed by atoms with van der Waals surface area (Å²) in [6.07, 6.45) is 1.96. The van der Waals surface area contributed by atoms with Crippen molar-refractivity contribution in [2.45, 2.75) is 13.8 Å². The summed E-state index contributed by atoms with van der Waals surface area (Å²) in [4.78, 5) is 14.6. The van der Waals surface area contributed by atoms with Crippen LogP contribution in [0.4, 0.5) is 5.69 Å². The summed E-state index contributed by atoms with van der Waals surface area (Å²) in [5.41, 5.74) is 3.74. The minimum atomic E-state index is -0.0532. The van der Waals surface area contributed by atoms with E-state index in [0.29, 0.717) is 5.57 Å². The Balaban J connectivity index is 2.14. The Labute approximate surface area is 138 Å². The van der Waals surface area contributed by atoms with Gasteiger partial charge in [-0.15, -0.1) is 11.3 Å². The number of halogens is 2. The third-order valence-corrected chi connectivity index (χ3v) is 5.48. The third-order valence-electron chi connectivity index (χ3n) is 3.30. The van der Waals surface area contributed by atoms with Gasteiger partial charge in [-0.3, -0.25) is 4.79 Å². The second-order valence-corrected chi connectivity index (χ2v) is 7.77. The molecule has 1 N–H and O–H groups in total. The third kappa shape index (κ3) is 2.38. The van der Waals surface area contributed by atoms with E-state index in [1.54, 1.807) is 11.3 Å². The molecule has 0 fully saturated rings. The van der Waals surface area contributed by atoms with E-state index in [1.165, 1.54) is 10.4 Å². The largest absolute Gasteiger partial charge is 0.320 e. The van der Waals surface area contributed by atoms with Crippen LogP contribution < -0.4 is 5.32 Å². The number of hydrogen-bond donors (Lipinski definition) is 1. The molecule has 1 aliphatic heterocycles. The molecular weight excluding hydrogens is 402 g/mol. The molecule has 0 saturated carbocycles. The minimum Gasteiger partial charge on any atom is -0.320 e. The highest BCUT2D eigenvalue weighted by Crippen LogP contribution is 2.41. The molecule has 5 heteroatoms. The molecule has 0 bridgehead atoms. The molecule has 3 rings (SSSR count). The molecule has 0 radical (unpaired) electrons. The lowest BCUT2D eigenvalue weighted by Crippen LogP contribution is -2.03. The first-order chi connectivity index (χ1) is 9.45. The zero-order valence-corrected chi connectivity index (χ0v) is 14.9. The maximum atomic E-state index is 12.2. The summed E-state index contributed by atoms with van der Waals surface area (Å²) in [6.45, 7) is 4.18. The van der Waals surface area contributed by atoms with Gasteiger partial charge in [-0.1, -0.05) is 15.9 Å². The van der Waals surface area contributed by atoms with Gasteiger partial charge < -0.3 is 5.32 Å². The molecule has 102 valence electrons. The number of benzene rings is 1. The standard InChI is InChI=1S/C15H11Br2NOS/c1-7-3-10(20-8(7)2)6-12-11-4-9(16)5-13(17)14(11)18-15(12)19/h3-6H,1-2H3,(H,18,19). The summed E-state index contributed by atoms with van der Waals surface area (Å²) >= 11 is 8.66. The lowest BCUT2D eigenvalue weighted by atomic mass is 10.1. The molecule has 20 heavy (non-hydrogen) atoms. The Morgan fingerprint density at radius 2 is 1.95 bits per heavy atom. The second-order valence-electron chi connectivity index (χ2n) is 4.71. The van der Waals surface area contributed by atoms with Gasteiger partial charge in [0.25, 0.3) is 5.91 Å². The number of carbonyl (C=O) groups is 1. The zero-order valence-electron chi connectivity index (χ0n) is 10.9. The van der Waals surface area contributed by atoms with Crippen LogP contribution in [-0.4, -0.2) is 5.91 Å². The lowest BCUT2D eigenvalue weighted by molar-refractivity contribution is -0.110. The Hall–Kier alpha value is -0.910. The van der Waals surface area contributed by atoms with Crippen molar-refractivity contribution in [1.29, 1.82) is 0 Å². The van der Waals surface area contributed by atoms with Crippen molar-refractivity contribution in [2.24, 2.45) is 0 Å². The number of thiophene rings is 1. The predicted octanol–water partition coefficient (Wildman–Crippen LogP) is 5.38. The van der Waals surface area contributed by atoms with Crippen LogP contribution in [0.1, 0.15) is 20.9 Å². The van der Waals surface area contributed by atoms with E-state index in [9.17, 15) is 4.79 Å². The van der Waals surface area contributed by atoms with E-state index >= 15 is 0 Å². The van der Waals surface area contributed by atoms with Crippen LogP contribution in [0.2, 0.25) is 0 Å². The summed E-state index contributed by atoms with van der Waals surface area (Å²) in [7, 11) is 0. The van der Waals surface area contributed by atoms with Gasteiger partial charge in [0, 0.05) is 24.3 Å². The number of carbonyl (C=O) groups excluding carboxylic acids is 1. The maximum absolute atomic E-state index is 12.2. The van der Waals surface area contributed by atoms with Crippen LogP contribution >= 0.6 is 43.2 Å². The van der Waals surface area contributed by atoms with Crippen LogP contribution in [0.3, 0.4) is 0 Å². The molecule has 1 amide bonds. The van der Waals surface area contributed by atoms with Crippen molar-refractivity contribution >= 4 is 66.4 Å². The van der Waals surface area contributed by atoms with Crippen LogP contribution in [0.15, 0.2) is 27.1 Å². The molecule has 0 unspecified atom stereocenters. The normalized spacial score (nSPS) is 15.6. The number of anilines is 1. The molecular formula is C15H11Br2NOS. The average Bonchev–Trinajstić information content (AvgIpc) is 2.83. The van der Waals surface area contributed by atoms with E-state index < -0.39 is 0 Å². The SMILES string of the molecule is Cc1cc(C=C2C(=O)Nc3c(Br)cc(Br)cc32)sc1C. The number of aryl methyl sites for hydroxylation is 2. The fourth-order valence-electron chi connectivity index (χ4n) is 2.17. The van der Waals surface area contributed by atoms with Crippen molar-refractivity contribution in [3.8, 4) is 0 Å². The van der Waals surface area contributed by atoms with Gasteiger partial charge in [0.2, 0.25) is 0 Å². The fourth-order valence-corrected chi connectivity index (χ4v) is 4.48. The van der Waals surface area contributed by atoms with E-state index in [1.807, 2.05) is 18.2 Å². The average molecular weight is 413 g/mol. The molecule has 2 aromatic rings. The van der Waals surface area contributed by atoms with Crippen LogP contribution in [-0.2, 0) is 4.79 Å². The number of hydrogen-bond acceptors (Lipinski definition) is 2. The van der Waals surface area contributed by atoms with Gasteiger partial charge >= 0.3 is 0 Å². The summed E-state index contributed by atoms with van der Waals surface area (Å²) in [6, 6.07) is 6.02. The van der Waals surface area contributed by atoms with Gasteiger partial charge in [0.05, 0.1) is 11.3 Å². The Morgan fingerprint density at radius 3 is 2.60 bits per heavy atom. The number of nitrogens with one attached hydrogen (secondary N) is 1. The molecule has 0 saturated heterocycles. The fraction of sp³-hybridized carbons (Fsp3) is 0.133. The number of rotatable bonds is 1. The Bertz CT molecular complexity index is 742. The predicted molar refractivity (Wildman–Crippen MR) is 92.1 cm³/mol. The van der Waals surface area contributed by atoms with Gasteiger partial charge in [0.15, 0.2) is 0 Å². The van der Waals surface area contributed by atoms with E-state index in [2.05, 4.69) is 57.1 Å². The highest BCUT2D eigenvalue weighted by atomic mass is 79.9. The van der Waals surface area contributed by atoms with Crippen molar-refractivity contribution in [2.75, 3.05) is 5.32 Å². The number of amides is 1. The van der Waals surface area contributed by atoms with Crippen molar-refractivity contribution in [3.05, 3.63) is 48.0 Å². The molecule has 0 aliphatic carbocycles. The summed E-state index contributed by atoms with van der Waals surface area (Å²) < 4.78 is 1.83. The zero-order chi connectivity index (χ0) is 14.4. The van der Waals surface area contributed by atoms with Crippen LogP contribution in [0.25, 0.3) is 11.6 Å². The van der Waals surface area contributed by atoms with Crippen molar-refractivity contribution in [3.63, 3.8) is 0 Å². The molecule has 0 spiro atoms. The minimum absolute atomic E-state index is 0.0532. The van der Waals surface area contributed by atoms with E-state index in [-0.39, 0.29) is 5.91 Å². The van der Waals surface area contributed by atoms with Gasteiger partial charge in [-0.25, -0.2) is 0 Å². The van der Waals surface area contributed by atoms with Gasteiger partial charge in [-0.05, 0) is 59.6 Å². The topological polar surface area (TPSA) is 29.1 Å². The molecule has 0 atom stereocenters. The van der Waals surface area contributed by atoms with Crippen molar-refractivity contribution < 1.29 is 4.79 Å². The monoisotopic (exact) mass is 411 g/mol. The second kappa shape index (κ2) is 5.13. The molecule has 1 aromatic carbocycles. The van der Waals surface area contributed by atoms with Crippen LogP contribution in [0, 0.1) is 13.8 Å². The maximum Gasteiger partial charge on any atom is 0.256 e. The van der Waals surface area contributed by atoms with Crippen molar-refractivity contribution in [1.82, 2.24) is 0 Å². The lowest BCUT2D eigenvalue weighted by Gasteiger charge is -2.02. The summed E-state index contributed by atoms with van der Waals surface area (Å²) in [5, 5.41) is 2.91. The molecule has 2 nitrogen and oxygen atoms in total. The highest BCUT2D eigenvalue weighted by Gasteiger charge is 2.26. The quantitative estimate of drug-likeness (QED) is 0.625. The Morgan fingerprint density at radius 1 is 1.20 bits per heavy atom. The highest BCUT2D eigenvalue weighted by molar-refractivity contribution is 9.11.